The molecule has 5 heteroatoms. The van der Waals surface area contributed by atoms with Gasteiger partial charge >= 0.3 is 0 Å². The summed E-state index contributed by atoms with van der Waals surface area (Å²) in [7, 11) is 3.17. The minimum absolute atomic E-state index is 0.0362. The van der Waals surface area contributed by atoms with Gasteiger partial charge < -0.3 is 14.8 Å². The maximum absolute atomic E-state index is 12.4. The van der Waals surface area contributed by atoms with Crippen LogP contribution in [0.3, 0.4) is 0 Å². The Labute approximate surface area is 139 Å². The summed E-state index contributed by atoms with van der Waals surface area (Å²) in [6.45, 7) is 0.767. The Morgan fingerprint density at radius 2 is 1.81 bits per heavy atom. The molecule has 1 aliphatic rings. The summed E-state index contributed by atoms with van der Waals surface area (Å²) in [5.41, 5.74) is 0.643. The van der Waals surface area contributed by atoms with Gasteiger partial charge in [0.05, 0.1) is 19.8 Å². The highest BCUT2D eigenvalue weighted by Gasteiger charge is 2.18. The van der Waals surface area contributed by atoms with Crippen molar-refractivity contribution < 1.29 is 14.3 Å². The van der Waals surface area contributed by atoms with E-state index in [9.17, 15) is 4.79 Å². The van der Waals surface area contributed by atoms with Crippen LogP contribution in [0, 0.1) is 9.49 Å². The molecule has 1 aromatic rings. The number of rotatable bonds is 5. The number of methoxy groups -OCH3 is 2. The maximum atomic E-state index is 12.4. The lowest BCUT2D eigenvalue weighted by Crippen LogP contribution is -2.30. The van der Waals surface area contributed by atoms with Crippen LogP contribution in [-0.4, -0.2) is 26.7 Å². The van der Waals surface area contributed by atoms with Gasteiger partial charge in [-0.15, -0.1) is 0 Å². The zero-order chi connectivity index (χ0) is 15.2. The van der Waals surface area contributed by atoms with E-state index in [1.54, 1.807) is 20.3 Å². The number of amides is 1. The summed E-state index contributed by atoms with van der Waals surface area (Å²) < 4.78 is 11.4. The van der Waals surface area contributed by atoms with Crippen LogP contribution < -0.4 is 14.8 Å². The molecule has 1 N–H and O–H groups in total. The number of carbonyl (C=O) groups excluding carboxylic acids is 1. The van der Waals surface area contributed by atoms with E-state index in [0.29, 0.717) is 23.0 Å². The predicted molar refractivity (Wildman–Crippen MR) is 91.2 cm³/mol. The third kappa shape index (κ3) is 4.25. The third-order valence-electron chi connectivity index (χ3n) is 3.99. The molecular formula is C16H22INO3. The molecule has 1 aliphatic carbocycles. The predicted octanol–water partition coefficient (Wildman–Crippen LogP) is 3.62. The molecule has 0 heterocycles. The number of halogens is 1. The van der Waals surface area contributed by atoms with Gasteiger partial charge in [0, 0.05) is 10.1 Å². The molecule has 0 spiro atoms. The molecule has 0 unspecified atom stereocenters. The Kier molecular flexibility index (Phi) is 6.14. The topological polar surface area (TPSA) is 47.6 Å². The van der Waals surface area contributed by atoms with Gasteiger partial charge in [-0.2, -0.15) is 0 Å². The lowest BCUT2D eigenvalue weighted by molar-refractivity contribution is 0.0942. The van der Waals surface area contributed by atoms with Crippen molar-refractivity contribution >= 4 is 28.5 Å². The van der Waals surface area contributed by atoms with Gasteiger partial charge in [0.25, 0.3) is 5.91 Å². The highest BCUT2D eigenvalue weighted by Crippen LogP contribution is 2.31. The summed E-state index contributed by atoms with van der Waals surface area (Å²) in [4.78, 5) is 12.4. The number of hydrogen-bond acceptors (Lipinski definition) is 3. The lowest BCUT2D eigenvalue weighted by atomic mass is 9.89. The fraction of sp³-hybridized carbons (Fsp3) is 0.562. The van der Waals surface area contributed by atoms with Gasteiger partial charge in [0.2, 0.25) is 0 Å². The van der Waals surface area contributed by atoms with Gasteiger partial charge in [0.15, 0.2) is 11.5 Å². The molecule has 0 radical (unpaired) electrons. The van der Waals surface area contributed by atoms with E-state index in [2.05, 4.69) is 27.9 Å². The molecule has 0 bridgehead atoms. The minimum Gasteiger partial charge on any atom is -0.493 e. The maximum Gasteiger partial charge on any atom is 0.252 e. The molecule has 1 saturated carbocycles. The van der Waals surface area contributed by atoms with Crippen molar-refractivity contribution in [3.05, 3.63) is 21.3 Å². The Balaban J connectivity index is 2.04. The first kappa shape index (κ1) is 16.4. The molecule has 4 nitrogen and oxygen atoms in total. The normalized spacial score (nSPS) is 15.6. The average Bonchev–Trinajstić information content (AvgIpc) is 2.53. The molecular weight excluding hydrogens is 381 g/mol. The molecule has 1 aromatic carbocycles. The third-order valence-corrected chi connectivity index (χ3v) is 4.89. The zero-order valence-electron chi connectivity index (χ0n) is 12.6. The van der Waals surface area contributed by atoms with Crippen molar-refractivity contribution in [2.45, 2.75) is 32.1 Å². The second-order valence-electron chi connectivity index (χ2n) is 5.40. The molecule has 0 aromatic heterocycles. The van der Waals surface area contributed by atoms with Crippen molar-refractivity contribution in [3.63, 3.8) is 0 Å². The van der Waals surface area contributed by atoms with Crippen molar-refractivity contribution in [1.29, 1.82) is 0 Å². The molecule has 0 aliphatic heterocycles. The Bertz CT molecular complexity index is 499. The number of benzene rings is 1. The largest absolute Gasteiger partial charge is 0.493 e. The molecule has 116 valence electrons. The molecule has 0 atom stereocenters. The Morgan fingerprint density at radius 3 is 2.43 bits per heavy atom. The van der Waals surface area contributed by atoms with Crippen molar-refractivity contribution in [2.24, 2.45) is 5.92 Å². The van der Waals surface area contributed by atoms with E-state index in [4.69, 9.17) is 9.47 Å². The van der Waals surface area contributed by atoms with Crippen LogP contribution in [0.2, 0.25) is 0 Å². The summed E-state index contributed by atoms with van der Waals surface area (Å²) in [6.07, 6.45) is 6.35. The molecule has 0 saturated heterocycles. The summed E-state index contributed by atoms with van der Waals surface area (Å²) >= 11 is 2.16. The number of carbonyl (C=O) groups is 1. The van der Waals surface area contributed by atoms with Gasteiger partial charge in [-0.1, -0.05) is 19.3 Å². The number of ether oxygens (including phenoxy) is 2. The first-order valence-corrected chi connectivity index (χ1v) is 8.43. The van der Waals surface area contributed by atoms with Crippen molar-refractivity contribution in [1.82, 2.24) is 5.32 Å². The average molecular weight is 403 g/mol. The van der Waals surface area contributed by atoms with Crippen LogP contribution in [-0.2, 0) is 0 Å². The first-order valence-electron chi connectivity index (χ1n) is 7.35. The van der Waals surface area contributed by atoms with E-state index in [1.807, 2.05) is 6.07 Å². The van der Waals surface area contributed by atoms with Crippen molar-refractivity contribution in [3.8, 4) is 11.5 Å². The molecule has 21 heavy (non-hydrogen) atoms. The Morgan fingerprint density at radius 1 is 1.19 bits per heavy atom. The fourth-order valence-electron chi connectivity index (χ4n) is 2.75. The highest BCUT2D eigenvalue weighted by atomic mass is 127. The smallest absolute Gasteiger partial charge is 0.252 e. The standard InChI is InChI=1S/C16H22INO3/c1-20-14-8-12(13(17)9-15(14)21-2)16(19)18-10-11-6-4-3-5-7-11/h8-9,11H,3-7,10H2,1-2H3,(H,18,19). The fourth-order valence-corrected chi connectivity index (χ4v) is 3.44. The Hall–Kier alpha value is -0.980. The number of hydrogen-bond donors (Lipinski definition) is 1. The summed E-state index contributed by atoms with van der Waals surface area (Å²) in [6, 6.07) is 3.58. The zero-order valence-corrected chi connectivity index (χ0v) is 14.7. The summed E-state index contributed by atoms with van der Waals surface area (Å²) in [5, 5.41) is 3.06. The van der Waals surface area contributed by atoms with Crippen LogP contribution >= 0.6 is 22.6 Å². The van der Waals surface area contributed by atoms with E-state index < -0.39 is 0 Å². The van der Waals surface area contributed by atoms with Gasteiger partial charge in [-0.25, -0.2) is 0 Å². The second-order valence-corrected chi connectivity index (χ2v) is 6.56. The van der Waals surface area contributed by atoms with Gasteiger partial charge in [0.1, 0.15) is 0 Å². The van der Waals surface area contributed by atoms with Crippen LogP contribution in [0.5, 0.6) is 11.5 Å². The molecule has 1 fully saturated rings. The van der Waals surface area contributed by atoms with Crippen LogP contribution in [0.25, 0.3) is 0 Å². The minimum atomic E-state index is -0.0362. The first-order chi connectivity index (χ1) is 10.2. The van der Waals surface area contributed by atoms with E-state index >= 15 is 0 Å². The molecule has 2 rings (SSSR count). The van der Waals surface area contributed by atoms with Gasteiger partial charge in [-0.05, 0) is 53.5 Å². The van der Waals surface area contributed by atoms with Crippen molar-refractivity contribution in [2.75, 3.05) is 20.8 Å². The molecule has 1 amide bonds. The van der Waals surface area contributed by atoms with E-state index in [-0.39, 0.29) is 5.91 Å². The van der Waals surface area contributed by atoms with Crippen LogP contribution in [0.4, 0.5) is 0 Å². The van der Waals surface area contributed by atoms with Crippen LogP contribution in [0.1, 0.15) is 42.5 Å². The highest BCUT2D eigenvalue weighted by molar-refractivity contribution is 14.1. The quantitative estimate of drug-likeness (QED) is 0.765. The summed E-state index contributed by atoms with van der Waals surface area (Å²) in [5.74, 6) is 1.82. The lowest BCUT2D eigenvalue weighted by Gasteiger charge is -2.22. The number of nitrogens with one attached hydrogen (secondary N) is 1. The SMILES string of the molecule is COc1cc(I)c(C(=O)NCC2CCCCC2)cc1OC. The van der Waals surface area contributed by atoms with E-state index in [1.165, 1.54) is 32.1 Å². The second kappa shape index (κ2) is 7.87. The van der Waals surface area contributed by atoms with Gasteiger partial charge in [-0.3, -0.25) is 4.79 Å². The van der Waals surface area contributed by atoms with Crippen LogP contribution in [0.15, 0.2) is 12.1 Å². The monoisotopic (exact) mass is 403 g/mol. The van der Waals surface area contributed by atoms with E-state index in [0.717, 1.165) is 10.1 Å².